The number of rotatable bonds is 9. The smallest absolute Gasteiger partial charge is 0.246 e. The molecule has 2 aromatic rings. The lowest BCUT2D eigenvalue weighted by Crippen LogP contribution is -2.28. The fourth-order valence-electron chi connectivity index (χ4n) is 4.28. The van der Waals surface area contributed by atoms with E-state index in [0.29, 0.717) is 31.1 Å². The molecule has 0 aliphatic carbocycles. The molecule has 2 fully saturated rings. The van der Waals surface area contributed by atoms with E-state index < -0.39 is 10.0 Å². The van der Waals surface area contributed by atoms with Gasteiger partial charge in [-0.15, -0.1) is 0 Å². The highest BCUT2D eigenvalue weighted by molar-refractivity contribution is 7.89. The summed E-state index contributed by atoms with van der Waals surface area (Å²) in [4.78, 5) is 14.9. The topological polar surface area (TPSA) is 91.0 Å². The van der Waals surface area contributed by atoms with Crippen LogP contribution in [0.15, 0.2) is 47.4 Å². The Morgan fingerprint density at radius 1 is 0.939 bits per heavy atom. The van der Waals surface area contributed by atoms with Crippen LogP contribution >= 0.6 is 0 Å². The van der Waals surface area contributed by atoms with Gasteiger partial charge in [0.1, 0.15) is 10.6 Å². The summed E-state index contributed by atoms with van der Waals surface area (Å²) in [6.45, 7) is 5.40. The maximum atomic E-state index is 13.1. The van der Waals surface area contributed by atoms with E-state index in [2.05, 4.69) is 15.5 Å². The number of nitrogens with one attached hydrogen (secondary N) is 2. The molecule has 33 heavy (non-hydrogen) atoms. The Labute approximate surface area is 196 Å². The lowest BCUT2D eigenvalue weighted by atomic mass is 10.2. The summed E-state index contributed by atoms with van der Waals surface area (Å²) in [5, 5.41) is 5.91. The van der Waals surface area contributed by atoms with Crippen molar-refractivity contribution in [2.24, 2.45) is 0 Å². The molecule has 9 heteroatoms. The van der Waals surface area contributed by atoms with E-state index in [9.17, 15) is 13.2 Å². The fraction of sp³-hybridized carbons (Fsp3) is 0.458. The molecule has 0 saturated carbocycles. The second-order valence-corrected chi connectivity index (χ2v) is 10.3. The molecule has 2 heterocycles. The van der Waals surface area contributed by atoms with Crippen molar-refractivity contribution >= 4 is 33.0 Å². The van der Waals surface area contributed by atoms with Gasteiger partial charge >= 0.3 is 0 Å². The van der Waals surface area contributed by atoms with Gasteiger partial charge in [-0.1, -0.05) is 0 Å². The summed E-state index contributed by atoms with van der Waals surface area (Å²) in [6.07, 6.45) is 4.16. The van der Waals surface area contributed by atoms with Crippen LogP contribution in [0.25, 0.3) is 0 Å². The summed E-state index contributed by atoms with van der Waals surface area (Å²) in [5.74, 6) is 0.124. The molecular weight excluding hydrogens is 440 g/mol. The molecule has 0 atom stereocenters. The van der Waals surface area contributed by atoms with Crippen LogP contribution in [0.2, 0.25) is 0 Å². The number of amides is 1. The molecule has 0 aromatic heterocycles. The number of carbonyl (C=O) groups excluding carboxylic acids is 1. The minimum Gasteiger partial charge on any atom is -0.492 e. The Hall–Kier alpha value is -2.78. The van der Waals surface area contributed by atoms with Crippen molar-refractivity contribution in [3.63, 3.8) is 0 Å². The molecule has 178 valence electrons. The largest absolute Gasteiger partial charge is 0.492 e. The molecule has 2 saturated heterocycles. The summed E-state index contributed by atoms with van der Waals surface area (Å²) >= 11 is 0. The SMILES string of the molecule is CCOc1ccc(NCC(=O)Nc2ccc(N3CCCC3)cc2)cc1S(=O)(=O)N1CCCC1. The highest BCUT2D eigenvalue weighted by atomic mass is 32.2. The molecule has 0 radical (unpaired) electrons. The first-order valence-electron chi connectivity index (χ1n) is 11.6. The number of anilines is 3. The van der Waals surface area contributed by atoms with Gasteiger partial charge in [0, 0.05) is 43.2 Å². The first-order chi connectivity index (χ1) is 16.0. The second kappa shape index (κ2) is 10.4. The minimum absolute atomic E-state index is 0.0189. The van der Waals surface area contributed by atoms with E-state index in [0.717, 1.165) is 31.6 Å². The van der Waals surface area contributed by atoms with Crippen molar-refractivity contribution in [3.8, 4) is 5.75 Å². The number of carbonyl (C=O) groups is 1. The maximum Gasteiger partial charge on any atom is 0.246 e. The molecule has 0 unspecified atom stereocenters. The van der Waals surface area contributed by atoms with Gasteiger partial charge in [-0.05, 0) is 75.1 Å². The van der Waals surface area contributed by atoms with Crippen LogP contribution < -0.4 is 20.3 Å². The first-order valence-corrected chi connectivity index (χ1v) is 13.1. The van der Waals surface area contributed by atoms with Crippen LogP contribution in [0.3, 0.4) is 0 Å². The summed E-state index contributed by atoms with van der Waals surface area (Å²) < 4.78 is 33.3. The van der Waals surface area contributed by atoms with E-state index in [1.807, 2.05) is 31.2 Å². The van der Waals surface area contributed by atoms with Gasteiger partial charge in [0.05, 0.1) is 13.2 Å². The quantitative estimate of drug-likeness (QED) is 0.580. The van der Waals surface area contributed by atoms with Crippen LogP contribution in [0.4, 0.5) is 17.1 Å². The van der Waals surface area contributed by atoms with Gasteiger partial charge in [-0.3, -0.25) is 4.79 Å². The van der Waals surface area contributed by atoms with E-state index in [-0.39, 0.29) is 17.3 Å². The van der Waals surface area contributed by atoms with E-state index >= 15 is 0 Å². The van der Waals surface area contributed by atoms with Crippen molar-refractivity contribution in [1.29, 1.82) is 0 Å². The zero-order valence-electron chi connectivity index (χ0n) is 19.0. The molecule has 0 spiro atoms. The monoisotopic (exact) mass is 472 g/mol. The van der Waals surface area contributed by atoms with E-state index in [4.69, 9.17) is 4.74 Å². The van der Waals surface area contributed by atoms with Gasteiger partial charge in [-0.2, -0.15) is 4.31 Å². The predicted molar refractivity (Wildman–Crippen MR) is 131 cm³/mol. The standard InChI is InChI=1S/C24H32N4O4S/c1-2-32-22-12-9-20(17-23(22)33(30,31)28-15-5-6-16-28)25-18-24(29)26-19-7-10-21(11-8-19)27-13-3-4-14-27/h7-12,17,25H,2-6,13-16,18H2,1H3,(H,26,29). The number of hydrogen-bond acceptors (Lipinski definition) is 6. The summed E-state index contributed by atoms with van der Waals surface area (Å²) in [5.41, 5.74) is 2.45. The Morgan fingerprint density at radius 2 is 1.58 bits per heavy atom. The molecule has 2 aromatic carbocycles. The third-order valence-electron chi connectivity index (χ3n) is 6.00. The van der Waals surface area contributed by atoms with E-state index in [1.165, 1.54) is 22.8 Å². The van der Waals surface area contributed by atoms with Gasteiger partial charge in [0.15, 0.2) is 0 Å². The highest BCUT2D eigenvalue weighted by Crippen LogP contribution is 2.31. The summed E-state index contributed by atoms with van der Waals surface area (Å²) in [7, 11) is -3.65. The first kappa shape index (κ1) is 23.4. The van der Waals surface area contributed by atoms with Crippen LogP contribution in [-0.4, -0.2) is 58.0 Å². The molecule has 2 aliphatic rings. The Bertz CT molecular complexity index is 1060. The maximum absolute atomic E-state index is 13.1. The Balaban J connectivity index is 1.39. The zero-order chi connectivity index (χ0) is 23.3. The van der Waals surface area contributed by atoms with Crippen LogP contribution in [-0.2, 0) is 14.8 Å². The fourth-order valence-corrected chi connectivity index (χ4v) is 5.95. The number of benzene rings is 2. The average molecular weight is 473 g/mol. The Kier molecular flexibility index (Phi) is 7.39. The lowest BCUT2D eigenvalue weighted by Gasteiger charge is -2.19. The predicted octanol–water partition coefficient (Wildman–Crippen LogP) is 3.52. The van der Waals surface area contributed by atoms with Crippen LogP contribution in [0.1, 0.15) is 32.6 Å². The van der Waals surface area contributed by atoms with Crippen molar-refractivity contribution in [3.05, 3.63) is 42.5 Å². The molecule has 2 N–H and O–H groups in total. The van der Waals surface area contributed by atoms with Gasteiger partial charge < -0.3 is 20.3 Å². The molecule has 0 bridgehead atoms. The minimum atomic E-state index is -3.65. The number of sulfonamides is 1. The second-order valence-electron chi connectivity index (χ2n) is 8.35. The molecule has 2 aliphatic heterocycles. The third kappa shape index (κ3) is 5.59. The molecule has 8 nitrogen and oxygen atoms in total. The van der Waals surface area contributed by atoms with Gasteiger partial charge in [0.2, 0.25) is 15.9 Å². The highest BCUT2D eigenvalue weighted by Gasteiger charge is 2.30. The molecule has 4 rings (SSSR count). The zero-order valence-corrected chi connectivity index (χ0v) is 19.9. The van der Waals surface area contributed by atoms with Gasteiger partial charge in [-0.25, -0.2) is 8.42 Å². The third-order valence-corrected chi connectivity index (χ3v) is 7.92. The molecular formula is C24H32N4O4S. The van der Waals surface area contributed by atoms with Gasteiger partial charge in [0.25, 0.3) is 0 Å². The molecule has 1 amide bonds. The van der Waals surface area contributed by atoms with Crippen molar-refractivity contribution < 1.29 is 17.9 Å². The lowest BCUT2D eigenvalue weighted by molar-refractivity contribution is -0.114. The van der Waals surface area contributed by atoms with Crippen LogP contribution in [0.5, 0.6) is 5.75 Å². The number of nitrogens with zero attached hydrogens (tertiary/aromatic N) is 2. The average Bonchev–Trinajstić information content (AvgIpc) is 3.54. The van der Waals surface area contributed by atoms with Crippen molar-refractivity contribution in [2.45, 2.75) is 37.5 Å². The van der Waals surface area contributed by atoms with Crippen LogP contribution in [0, 0.1) is 0 Å². The number of ether oxygens (including phenoxy) is 1. The van der Waals surface area contributed by atoms with Crippen molar-refractivity contribution in [2.75, 3.05) is 54.9 Å². The van der Waals surface area contributed by atoms with E-state index in [1.54, 1.807) is 18.2 Å². The van der Waals surface area contributed by atoms with Crippen molar-refractivity contribution in [1.82, 2.24) is 4.31 Å². The normalized spacial score (nSPS) is 16.7. The Morgan fingerprint density at radius 3 is 2.24 bits per heavy atom. The number of hydrogen-bond donors (Lipinski definition) is 2. The summed E-state index contributed by atoms with van der Waals surface area (Å²) in [6, 6.07) is 12.8.